The molecule has 0 aliphatic heterocycles. The van der Waals surface area contributed by atoms with E-state index in [0.29, 0.717) is 12.8 Å². The molecule has 22 heavy (non-hydrogen) atoms. The molecular weight excluding hydrogens is 278 g/mol. The van der Waals surface area contributed by atoms with Crippen molar-refractivity contribution in [3.63, 3.8) is 0 Å². The summed E-state index contributed by atoms with van der Waals surface area (Å²) in [5.74, 6) is -0.188. The molecule has 4 nitrogen and oxygen atoms in total. The van der Waals surface area contributed by atoms with Crippen LogP contribution in [0.3, 0.4) is 0 Å². The summed E-state index contributed by atoms with van der Waals surface area (Å²) in [6.07, 6.45) is 6.51. The van der Waals surface area contributed by atoms with Crippen molar-refractivity contribution >= 4 is 11.9 Å². The number of hydrogen-bond acceptors (Lipinski definition) is 3. The van der Waals surface area contributed by atoms with Gasteiger partial charge in [-0.3, -0.25) is 4.79 Å². The lowest BCUT2D eigenvalue weighted by atomic mass is 9.84. The minimum absolute atomic E-state index is 0.0789. The topological polar surface area (TPSA) is 55.4 Å². The first-order valence-electron chi connectivity index (χ1n) is 8.12. The van der Waals surface area contributed by atoms with Gasteiger partial charge in [-0.2, -0.15) is 0 Å². The van der Waals surface area contributed by atoms with Crippen LogP contribution >= 0.6 is 0 Å². The Kier molecular flexibility index (Phi) is 6.44. The molecule has 0 aromatic heterocycles. The molecule has 1 aromatic rings. The zero-order valence-electron chi connectivity index (χ0n) is 13.2. The highest BCUT2D eigenvalue weighted by atomic mass is 16.5. The van der Waals surface area contributed by atoms with Gasteiger partial charge in [0.05, 0.1) is 7.11 Å². The second-order valence-corrected chi connectivity index (χ2v) is 5.95. The van der Waals surface area contributed by atoms with Gasteiger partial charge in [0, 0.05) is 6.42 Å². The Morgan fingerprint density at radius 3 is 2.50 bits per heavy atom. The van der Waals surface area contributed by atoms with Crippen LogP contribution in [0.1, 0.15) is 44.1 Å². The number of aryl methyl sites for hydroxylation is 1. The van der Waals surface area contributed by atoms with Crippen molar-refractivity contribution in [3.05, 3.63) is 35.9 Å². The van der Waals surface area contributed by atoms with Crippen molar-refractivity contribution in [1.29, 1.82) is 0 Å². The van der Waals surface area contributed by atoms with Crippen LogP contribution in [0.2, 0.25) is 0 Å². The molecule has 0 heterocycles. The van der Waals surface area contributed by atoms with Crippen LogP contribution in [-0.4, -0.2) is 25.0 Å². The van der Waals surface area contributed by atoms with Crippen LogP contribution < -0.4 is 5.32 Å². The van der Waals surface area contributed by atoms with Crippen LogP contribution in [0.15, 0.2) is 30.3 Å². The molecule has 1 aliphatic rings. The Bertz CT molecular complexity index is 480. The third-order valence-corrected chi connectivity index (χ3v) is 4.38. The van der Waals surface area contributed by atoms with Gasteiger partial charge in [0.25, 0.3) is 0 Å². The van der Waals surface area contributed by atoms with E-state index < -0.39 is 6.04 Å². The monoisotopic (exact) mass is 303 g/mol. The summed E-state index contributed by atoms with van der Waals surface area (Å²) in [7, 11) is 1.38. The standard InChI is InChI=1S/C18H25NO3/c1-22-18(21)17(15-10-6-3-7-11-15)19-16(20)13-12-14-8-4-2-5-9-14/h2,4-5,8-9,15,17H,3,6-7,10-13H2,1H3,(H,19,20)/t17-/m1/s1. The second-order valence-electron chi connectivity index (χ2n) is 5.95. The SMILES string of the molecule is COC(=O)[C@H](NC(=O)CCc1ccccc1)C1CCCCC1. The van der Waals surface area contributed by atoms with Crippen LogP contribution in [0.25, 0.3) is 0 Å². The normalized spacial score (nSPS) is 16.8. The van der Waals surface area contributed by atoms with E-state index in [1.54, 1.807) is 0 Å². The highest BCUT2D eigenvalue weighted by Crippen LogP contribution is 2.27. The lowest BCUT2D eigenvalue weighted by molar-refractivity contribution is -0.147. The first kappa shape index (κ1) is 16.5. The van der Waals surface area contributed by atoms with Gasteiger partial charge in [0.1, 0.15) is 6.04 Å². The number of amides is 1. The van der Waals surface area contributed by atoms with Crippen LogP contribution in [-0.2, 0) is 20.7 Å². The molecule has 1 fully saturated rings. The van der Waals surface area contributed by atoms with E-state index in [-0.39, 0.29) is 17.8 Å². The number of carbonyl (C=O) groups is 2. The number of rotatable bonds is 6. The lowest BCUT2D eigenvalue weighted by Crippen LogP contribution is -2.47. The van der Waals surface area contributed by atoms with E-state index in [1.165, 1.54) is 13.5 Å². The summed E-state index contributed by atoms with van der Waals surface area (Å²) in [4.78, 5) is 24.2. The van der Waals surface area contributed by atoms with Gasteiger partial charge in [0.2, 0.25) is 5.91 Å². The number of benzene rings is 1. The zero-order chi connectivity index (χ0) is 15.8. The molecule has 1 atom stereocenters. The summed E-state index contributed by atoms with van der Waals surface area (Å²) < 4.78 is 4.88. The van der Waals surface area contributed by atoms with Crippen molar-refractivity contribution in [2.45, 2.75) is 51.0 Å². The Morgan fingerprint density at radius 2 is 1.86 bits per heavy atom. The maximum absolute atomic E-state index is 12.2. The Hall–Kier alpha value is -1.84. The molecule has 0 bridgehead atoms. The van der Waals surface area contributed by atoms with Crippen molar-refractivity contribution in [3.8, 4) is 0 Å². The lowest BCUT2D eigenvalue weighted by Gasteiger charge is -2.29. The number of methoxy groups -OCH3 is 1. The summed E-state index contributed by atoms with van der Waals surface area (Å²) >= 11 is 0. The van der Waals surface area contributed by atoms with E-state index in [2.05, 4.69) is 5.32 Å². The Morgan fingerprint density at radius 1 is 1.18 bits per heavy atom. The predicted molar refractivity (Wildman–Crippen MR) is 85.3 cm³/mol. The molecule has 1 aromatic carbocycles. The van der Waals surface area contributed by atoms with Crippen LogP contribution in [0.4, 0.5) is 0 Å². The molecule has 1 N–H and O–H groups in total. The van der Waals surface area contributed by atoms with Crippen LogP contribution in [0, 0.1) is 5.92 Å². The smallest absolute Gasteiger partial charge is 0.328 e. The van der Waals surface area contributed by atoms with Crippen LogP contribution in [0.5, 0.6) is 0 Å². The van der Waals surface area contributed by atoms with E-state index in [9.17, 15) is 9.59 Å². The Balaban J connectivity index is 1.88. The molecule has 0 unspecified atom stereocenters. The molecule has 1 amide bonds. The summed E-state index contributed by atoms with van der Waals surface area (Å²) in [5, 5.41) is 2.89. The van der Waals surface area contributed by atoms with Gasteiger partial charge in [-0.25, -0.2) is 4.79 Å². The molecule has 0 radical (unpaired) electrons. The van der Waals surface area contributed by atoms with Crippen molar-refractivity contribution in [2.24, 2.45) is 5.92 Å². The second kappa shape index (κ2) is 8.57. The first-order chi connectivity index (χ1) is 10.7. The highest BCUT2D eigenvalue weighted by molar-refractivity contribution is 5.84. The minimum Gasteiger partial charge on any atom is -0.467 e. The summed E-state index contributed by atoms with van der Waals surface area (Å²) in [6.45, 7) is 0. The van der Waals surface area contributed by atoms with Gasteiger partial charge >= 0.3 is 5.97 Å². The molecule has 0 saturated heterocycles. The van der Waals surface area contributed by atoms with Gasteiger partial charge in [-0.15, -0.1) is 0 Å². The number of ether oxygens (including phenoxy) is 1. The average Bonchev–Trinajstić information content (AvgIpc) is 2.59. The number of esters is 1. The molecule has 1 saturated carbocycles. The fourth-order valence-corrected chi connectivity index (χ4v) is 3.11. The van der Waals surface area contributed by atoms with Crippen molar-refractivity contribution in [1.82, 2.24) is 5.32 Å². The van der Waals surface area contributed by atoms with Crippen molar-refractivity contribution in [2.75, 3.05) is 7.11 Å². The minimum atomic E-state index is -0.492. The quantitative estimate of drug-likeness (QED) is 0.822. The first-order valence-corrected chi connectivity index (χ1v) is 8.12. The van der Waals surface area contributed by atoms with Gasteiger partial charge in [-0.05, 0) is 30.7 Å². The van der Waals surface area contributed by atoms with E-state index in [4.69, 9.17) is 4.74 Å². The van der Waals surface area contributed by atoms with E-state index in [1.807, 2.05) is 30.3 Å². The van der Waals surface area contributed by atoms with Gasteiger partial charge in [-0.1, -0.05) is 49.6 Å². The average molecular weight is 303 g/mol. The predicted octanol–water partition coefficient (Wildman–Crippen LogP) is 2.86. The van der Waals surface area contributed by atoms with E-state index >= 15 is 0 Å². The number of carbonyl (C=O) groups excluding carboxylic acids is 2. The summed E-state index contributed by atoms with van der Waals surface area (Å²) in [5.41, 5.74) is 1.13. The largest absolute Gasteiger partial charge is 0.467 e. The highest BCUT2D eigenvalue weighted by Gasteiger charge is 2.31. The number of hydrogen-bond donors (Lipinski definition) is 1. The Labute approximate surface area is 132 Å². The molecule has 120 valence electrons. The van der Waals surface area contributed by atoms with Gasteiger partial charge in [0.15, 0.2) is 0 Å². The fraction of sp³-hybridized carbons (Fsp3) is 0.556. The third-order valence-electron chi connectivity index (χ3n) is 4.38. The zero-order valence-corrected chi connectivity index (χ0v) is 13.2. The molecule has 4 heteroatoms. The summed E-state index contributed by atoms with van der Waals surface area (Å²) in [6, 6.07) is 9.41. The van der Waals surface area contributed by atoms with E-state index in [0.717, 1.165) is 31.2 Å². The molecule has 2 rings (SSSR count). The molecular formula is C18H25NO3. The molecule has 0 spiro atoms. The van der Waals surface area contributed by atoms with Crippen molar-refractivity contribution < 1.29 is 14.3 Å². The fourth-order valence-electron chi connectivity index (χ4n) is 3.11. The maximum atomic E-state index is 12.2. The van der Waals surface area contributed by atoms with Gasteiger partial charge < -0.3 is 10.1 Å². The maximum Gasteiger partial charge on any atom is 0.328 e. The third kappa shape index (κ3) is 4.86. The molecule has 1 aliphatic carbocycles. The number of nitrogens with one attached hydrogen (secondary N) is 1.